The average Bonchev–Trinajstić information content (AvgIpc) is 2.87. The second-order valence-electron chi connectivity index (χ2n) is 6.53. The number of hydrogen-bond donors (Lipinski definition) is 2. The normalized spacial score (nSPS) is 12.3. The zero-order chi connectivity index (χ0) is 19.8. The summed E-state index contributed by atoms with van der Waals surface area (Å²) in [6.07, 6.45) is 0.636. The average molecular weight is 503 g/mol. The number of ether oxygens (including phenoxy) is 1. The molecule has 2 aromatic rings. The highest BCUT2D eigenvalue weighted by atomic mass is 127. The molecule has 0 amide bonds. The largest absolute Gasteiger partial charge is 0.486 e. The van der Waals surface area contributed by atoms with E-state index in [0.29, 0.717) is 6.54 Å². The summed E-state index contributed by atoms with van der Waals surface area (Å²) in [5, 5.41) is 11.0. The van der Waals surface area contributed by atoms with Gasteiger partial charge in [0.1, 0.15) is 6.10 Å². The van der Waals surface area contributed by atoms with E-state index in [0.717, 1.165) is 31.2 Å². The molecule has 1 heterocycles. The fraction of sp³-hybridized carbons (Fsp3) is 0.500. The van der Waals surface area contributed by atoms with Crippen molar-refractivity contribution in [2.24, 2.45) is 12.0 Å². The minimum Gasteiger partial charge on any atom is -0.486 e. The van der Waals surface area contributed by atoms with Crippen LogP contribution in [0.15, 0.2) is 29.3 Å². The minimum absolute atomic E-state index is 0. The molecule has 0 bridgehead atoms. The van der Waals surface area contributed by atoms with Gasteiger partial charge in [-0.3, -0.25) is 4.68 Å². The fourth-order valence-electron chi connectivity index (χ4n) is 2.84. The Morgan fingerprint density at radius 2 is 2.00 bits per heavy atom. The van der Waals surface area contributed by atoms with Gasteiger partial charge >= 0.3 is 0 Å². The SMILES string of the molecule is CCNC(=NCC(C)Oc1ccccc1F)NCCc1c(C)nn(C)c1C.I. The highest BCUT2D eigenvalue weighted by molar-refractivity contribution is 14.0. The Hall–Kier alpha value is -1.84. The summed E-state index contributed by atoms with van der Waals surface area (Å²) >= 11 is 0. The Kier molecular flexibility index (Phi) is 10.3. The number of aliphatic imine (C=N–C) groups is 1. The number of nitrogens with zero attached hydrogens (tertiary/aromatic N) is 3. The molecule has 2 N–H and O–H groups in total. The first-order chi connectivity index (χ1) is 12.9. The number of hydrogen-bond acceptors (Lipinski definition) is 3. The zero-order valence-electron chi connectivity index (χ0n) is 17.3. The number of para-hydroxylation sites is 1. The quantitative estimate of drug-likeness (QED) is 0.330. The number of aryl methyl sites for hydroxylation is 2. The molecule has 8 heteroatoms. The molecule has 1 atom stereocenters. The Balaban J connectivity index is 0.00000392. The van der Waals surface area contributed by atoms with E-state index in [2.05, 4.69) is 27.6 Å². The van der Waals surface area contributed by atoms with Gasteiger partial charge in [-0.05, 0) is 51.8 Å². The number of nitrogens with one attached hydrogen (secondary N) is 2. The van der Waals surface area contributed by atoms with Crippen molar-refractivity contribution in [3.05, 3.63) is 47.0 Å². The van der Waals surface area contributed by atoms with Crippen LogP contribution in [0.2, 0.25) is 0 Å². The highest BCUT2D eigenvalue weighted by Gasteiger charge is 2.10. The first-order valence-electron chi connectivity index (χ1n) is 9.34. The summed E-state index contributed by atoms with van der Waals surface area (Å²) in [5.74, 6) is 0.613. The lowest BCUT2D eigenvalue weighted by atomic mass is 10.1. The third-order valence-corrected chi connectivity index (χ3v) is 4.34. The van der Waals surface area contributed by atoms with Crippen molar-refractivity contribution in [2.75, 3.05) is 19.6 Å². The second kappa shape index (κ2) is 11.9. The van der Waals surface area contributed by atoms with Gasteiger partial charge in [-0.25, -0.2) is 9.38 Å². The first kappa shape index (κ1) is 24.2. The number of guanidine groups is 1. The molecular weight excluding hydrogens is 472 g/mol. The third-order valence-electron chi connectivity index (χ3n) is 4.34. The van der Waals surface area contributed by atoms with E-state index in [-0.39, 0.29) is 41.6 Å². The fourth-order valence-corrected chi connectivity index (χ4v) is 2.84. The molecule has 2 rings (SSSR count). The van der Waals surface area contributed by atoms with Crippen LogP contribution in [0.3, 0.4) is 0 Å². The highest BCUT2D eigenvalue weighted by Crippen LogP contribution is 2.17. The van der Waals surface area contributed by atoms with Gasteiger partial charge in [-0.15, -0.1) is 24.0 Å². The van der Waals surface area contributed by atoms with Gasteiger partial charge in [0.2, 0.25) is 0 Å². The molecule has 6 nitrogen and oxygen atoms in total. The van der Waals surface area contributed by atoms with E-state index < -0.39 is 0 Å². The predicted molar refractivity (Wildman–Crippen MR) is 122 cm³/mol. The third kappa shape index (κ3) is 6.96. The van der Waals surface area contributed by atoms with Crippen LogP contribution in [0.4, 0.5) is 4.39 Å². The molecule has 0 aliphatic rings. The monoisotopic (exact) mass is 503 g/mol. The van der Waals surface area contributed by atoms with E-state index in [1.807, 2.05) is 32.5 Å². The first-order valence-corrected chi connectivity index (χ1v) is 9.34. The van der Waals surface area contributed by atoms with Crippen molar-refractivity contribution >= 4 is 29.9 Å². The smallest absolute Gasteiger partial charge is 0.191 e. The molecule has 156 valence electrons. The van der Waals surface area contributed by atoms with E-state index in [1.165, 1.54) is 17.3 Å². The molecule has 0 aliphatic heterocycles. The van der Waals surface area contributed by atoms with Gasteiger partial charge in [-0.2, -0.15) is 5.10 Å². The van der Waals surface area contributed by atoms with Crippen LogP contribution >= 0.6 is 24.0 Å². The van der Waals surface area contributed by atoms with Crippen LogP contribution in [-0.4, -0.2) is 41.5 Å². The van der Waals surface area contributed by atoms with E-state index in [4.69, 9.17) is 4.74 Å². The molecule has 0 spiro atoms. The predicted octanol–water partition coefficient (Wildman–Crippen LogP) is 3.36. The van der Waals surface area contributed by atoms with E-state index >= 15 is 0 Å². The topological polar surface area (TPSA) is 63.5 Å². The van der Waals surface area contributed by atoms with Crippen LogP contribution in [0, 0.1) is 19.7 Å². The summed E-state index contributed by atoms with van der Waals surface area (Å²) in [4.78, 5) is 4.55. The van der Waals surface area contributed by atoms with Gasteiger partial charge < -0.3 is 15.4 Å². The van der Waals surface area contributed by atoms with Crippen molar-refractivity contribution in [1.82, 2.24) is 20.4 Å². The maximum atomic E-state index is 13.7. The molecule has 0 aliphatic carbocycles. The van der Waals surface area contributed by atoms with Gasteiger partial charge in [0.05, 0.1) is 12.2 Å². The molecular formula is C20H31FIN5O. The number of rotatable bonds is 8. The van der Waals surface area contributed by atoms with Crippen LogP contribution in [0.1, 0.15) is 30.8 Å². The molecule has 28 heavy (non-hydrogen) atoms. The van der Waals surface area contributed by atoms with Crippen LogP contribution in [-0.2, 0) is 13.5 Å². The standard InChI is InChI=1S/C20H30FN5O.HI/c1-6-22-20(23-12-11-17-15(3)25-26(5)16(17)4)24-13-14(2)27-19-10-8-7-9-18(19)21;/h7-10,14H,6,11-13H2,1-5H3,(H2,22,23,24);1H. The molecule has 1 aromatic heterocycles. The summed E-state index contributed by atoms with van der Waals surface area (Å²) < 4.78 is 21.2. The molecule has 1 aromatic carbocycles. The van der Waals surface area contributed by atoms with Crippen molar-refractivity contribution in [2.45, 2.75) is 40.2 Å². The van der Waals surface area contributed by atoms with Gasteiger partial charge in [0.15, 0.2) is 17.5 Å². The summed E-state index contributed by atoms with van der Waals surface area (Å²) in [6.45, 7) is 9.95. The molecule has 0 fully saturated rings. The number of halogens is 2. The maximum absolute atomic E-state index is 13.7. The van der Waals surface area contributed by atoms with E-state index in [9.17, 15) is 4.39 Å². The van der Waals surface area contributed by atoms with Crippen molar-refractivity contribution in [3.8, 4) is 5.75 Å². The molecule has 0 radical (unpaired) electrons. The zero-order valence-corrected chi connectivity index (χ0v) is 19.6. The van der Waals surface area contributed by atoms with Gasteiger partial charge in [0, 0.05) is 25.8 Å². The van der Waals surface area contributed by atoms with Crippen molar-refractivity contribution in [3.63, 3.8) is 0 Å². The Morgan fingerprint density at radius 1 is 1.29 bits per heavy atom. The maximum Gasteiger partial charge on any atom is 0.191 e. The Labute approximate surface area is 184 Å². The van der Waals surface area contributed by atoms with Crippen molar-refractivity contribution in [1.29, 1.82) is 0 Å². The molecule has 0 saturated heterocycles. The van der Waals surface area contributed by atoms with E-state index in [1.54, 1.807) is 18.2 Å². The van der Waals surface area contributed by atoms with Crippen LogP contribution in [0.5, 0.6) is 5.75 Å². The van der Waals surface area contributed by atoms with Crippen LogP contribution in [0.25, 0.3) is 0 Å². The minimum atomic E-state index is -0.361. The van der Waals surface area contributed by atoms with Gasteiger partial charge in [-0.1, -0.05) is 12.1 Å². The number of aromatic nitrogens is 2. The van der Waals surface area contributed by atoms with Crippen molar-refractivity contribution < 1.29 is 9.13 Å². The second-order valence-corrected chi connectivity index (χ2v) is 6.53. The Bertz CT molecular complexity index is 778. The number of benzene rings is 1. The summed E-state index contributed by atoms with van der Waals surface area (Å²) in [5.41, 5.74) is 3.51. The Morgan fingerprint density at radius 3 is 2.61 bits per heavy atom. The van der Waals surface area contributed by atoms with Crippen LogP contribution < -0.4 is 15.4 Å². The summed E-state index contributed by atoms with van der Waals surface area (Å²) in [6, 6.07) is 6.41. The summed E-state index contributed by atoms with van der Waals surface area (Å²) in [7, 11) is 1.96. The van der Waals surface area contributed by atoms with Gasteiger partial charge in [0.25, 0.3) is 0 Å². The lowest BCUT2D eigenvalue weighted by molar-refractivity contribution is 0.220. The molecule has 0 saturated carbocycles. The lowest BCUT2D eigenvalue weighted by Crippen LogP contribution is -2.39. The lowest BCUT2D eigenvalue weighted by Gasteiger charge is -2.15. The molecule has 1 unspecified atom stereocenters.